The van der Waals surface area contributed by atoms with Crippen molar-refractivity contribution in [2.75, 3.05) is 26.5 Å². The molecule has 0 saturated carbocycles. The minimum atomic E-state index is 0.393. The summed E-state index contributed by atoms with van der Waals surface area (Å²) in [5.74, 6) is 1.34. The fraction of sp³-hybridized carbons (Fsp3) is 0.333. The van der Waals surface area contributed by atoms with Gasteiger partial charge in [0.25, 0.3) is 0 Å². The smallest absolute Gasteiger partial charge is 0.119 e. The zero-order valence-electron chi connectivity index (χ0n) is 12.6. The summed E-state index contributed by atoms with van der Waals surface area (Å²) >= 11 is 1.80. The van der Waals surface area contributed by atoms with E-state index in [0.29, 0.717) is 5.92 Å². The average molecular weight is 299 g/mol. The lowest BCUT2D eigenvalue weighted by atomic mass is 9.88. The maximum Gasteiger partial charge on any atom is 0.119 e. The van der Waals surface area contributed by atoms with E-state index in [0.717, 1.165) is 25.3 Å². The van der Waals surface area contributed by atoms with E-state index in [4.69, 9.17) is 4.74 Å². The lowest BCUT2D eigenvalue weighted by Crippen LogP contribution is -2.20. The molecular formula is C18H21NOS. The van der Waals surface area contributed by atoms with Crippen molar-refractivity contribution in [1.82, 2.24) is 5.32 Å². The van der Waals surface area contributed by atoms with Crippen molar-refractivity contribution in [1.29, 1.82) is 0 Å². The van der Waals surface area contributed by atoms with Gasteiger partial charge in [-0.3, -0.25) is 0 Å². The summed E-state index contributed by atoms with van der Waals surface area (Å²) in [7, 11) is 1.74. The van der Waals surface area contributed by atoms with Gasteiger partial charge in [-0.05, 0) is 60.2 Å². The van der Waals surface area contributed by atoms with Crippen molar-refractivity contribution in [3.63, 3.8) is 0 Å². The van der Waals surface area contributed by atoms with E-state index >= 15 is 0 Å². The second kappa shape index (κ2) is 6.54. The summed E-state index contributed by atoms with van der Waals surface area (Å²) in [5.41, 5.74) is 4.21. The SMILES string of the molecule is COc1ccc2c(c1)C(c1cccc(SC)c1)CNCC2. The quantitative estimate of drug-likeness (QED) is 0.873. The van der Waals surface area contributed by atoms with E-state index in [1.54, 1.807) is 18.9 Å². The highest BCUT2D eigenvalue weighted by molar-refractivity contribution is 7.98. The van der Waals surface area contributed by atoms with Crippen molar-refractivity contribution in [2.24, 2.45) is 0 Å². The summed E-state index contributed by atoms with van der Waals surface area (Å²) < 4.78 is 5.43. The molecule has 0 bridgehead atoms. The molecule has 0 radical (unpaired) electrons. The highest BCUT2D eigenvalue weighted by atomic mass is 32.2. The molecule has 110 valence electrons. The molecular weight excluding hydrogens is 278 g/mol. The number of rotatable bonds is 3. The Morgan fingerprint density at radius 1 is 1.19 bits per heavy atom. The molecule has 3 rings (SSSR count). The van der Waals surface area contributed by atoms with Crippen LogP contribution in [-0.2, 0) is 6.42 Å². The van der Waals surface area contributed by atoms with Crippen LogP contribution in [0, 0.1) is 0 Å². The van der Waals surface area contributed by atoms with Crippen LogP contribution in [0.25, 0.3) is 0 Å². The summed E-state index contributed by atoms with van der Waals surface area (Å²) in [6.45, 7) is 2.02. The fourth-order valence-corrected chi connectivity index (χ4v) is 3.46. The van der Waals surface area contributed by atoms with Crippen LogP contribution in [0.15, 0.2) is 47.4 Å². The van der Waals surface area contributed by atoms with E-state index in [9.17, 15) is 0 Å². The average Bonchev–Trinajstić information content (AvgIpc) is 2.76. The van der Waals surface area contributed by atoms with Crippen molar-refractivity contribution in [3.8, 4) is 5.75 Å². The Kier molecular flexibility index (Phi) is 4.51. The van der Waals surface area contributed by atoms with E-state index in [2.05, 4.69) is 54.0 Å². The number of hydrogen-bond donors (Lipinski definition) is 1. The molecule has 1 heterocycles. The molecule has 1 N–H and O–H groups in total. The van der Waals surface area contributed by atoms with Crippen LogP contribution < -0.4 is 10.1 Å². The molecule has 1 unspecified atom stereocenters. The number of thioether (sulfide) groups is 1. The van der Waals surface area contributed by atoms with Gasteiger partial charge in [0.1, 0.15) is 5.75 Å². The molecule has 3 heteroatoms. The Balaban J connectivity index is 2.06. The van der Waals surface area contributed by atoms with Crippen LogP contribution in [0.5, 0.6) is 5.75 Å². The predicted octanol–water partition coefficient (Wildman–Crippen LogP) is 3.69. The largest absolute Gasteiger partial charge is 0.497 e. The Hall–Kier alpha value is -1.45. The Morgan fingerprint density at radius 2 is 2.10 bits per heavy atom. The summed E-state index contributed by atoms with van der Waals surface area (Å²) in [4.78, 5) is 1.32. The Bertz CT molecular complexity index is 626. The van der Waals surface area contributed by atoms with Gasteiger partial charge in [0.05, 0.1) is 7.11 Å². The first-order valence-corrected chi connectivity index (χ1v) is 8.56. The van der Waals surface area contributed by atoms with E-state index in [-0.39, 0.29) is 0 Å². The maximum atomic E-state index is 5.43. The minimum absolute atomic E-state index is 0.393. The molecule has 0 aliphatic carbocycles. The Labute approximate surface area is 130 Å². The van der Waals surface area contributed by atoms with Crippen LogP contribution >= 0.6 is 11.8 Å². The van der Waals surface area contributed by atoms with Gasteiger partial charge in [-0.15, -0.1) is 11.8 Å². The molecule has 0 spiro atoms. The molecule has 0 amide bonds. The fourth-order valence-electron chi connectivity index (χ4n) is 2.99. The summed E-state index contributed by atoms with van der Waals surface area (Å²) in [6, 6.07) is 15.4. The number of ether oxygens (including phenoxy) is 1. The standard InChI is InChI=1S/C18H21NOS/c1-20-15-7-6-13-8-9-19-12-18(17(13)11-15)14-4-3-5-16(10-14)21-2/h3-7,10-11,18-19H,8-9,12H2,1-2H3. The third-order valence-corrected chi connectivity index (χ3v) is 4.87. The van der Waals surface area contributed by atoms with Crippen molar-refractivity contribution in [3.05, 3.63) is 59.2 Å². The topological polar surface area (TPSA) is 21.3 Å². The van der Waals surface area contributed by atoms with E-state index in [1.165, 1.54) is 21.6 Å². The number of hydrogen-bond acceptors (Lipinski definition) is 3. The first kappa shape index (κ1) is 14.5. The predicted molar refractivity (Wildman–Crippen MR) is 89.6 cm³/mol. The molecule has 1 atom stereocenters. The number of methoxy groups -OCH3 is 1. The van der Waals surface area contributed by atoms with Crippen LogP contribution in [-0.4, -0.2) is 26.5 Å². The van der Waals surface area contributed by atoms with Gasteiger partial charge in [-0.2, -0.15) is 0 Å². The molecule has 21 heavy (non-hydrogen) atoms. The number of fused-ring (bicyclic) bond motifs is 1. The molecule has 0 aromatic heterocycles. The summed E-state index contributed by atoms with van der Waals surface area (Å²) in [6.07, 6.45) is 3.21. The van der Waals surface area contributed by atoms with Gasteiger partial charge >= 0.3 is 0 Å². The molecule has 0 saturated heterocycles. The normalized spacial score (nSPS) is 17.9. The minimum Gasteiger partial charge on any atom is -0.497 e. The van der Waals surface area contributed by atoms with Crippen LogP contribution in [0.3, 0.4) is 0 Å². The second-order valence-electron chi connectivity index (χ2n) is 5.35. The van der Waals surface area contributed by atoms with Gasteiger partial charge in [0, 0.05) is 17.4 Å². The molecule has 1 aliphatic rings. The molecule has 2 aromatic rings. The molecule has 1 aliphatic heterocycles. The monoisotopic (exact) mass is 299 g/mol. The van der Waals surface area contributed by atoms with Gasteiger partial charge in [0.2, 0.25) is 0 Å². The van der Waals surface area contributed by atoms with Crippen molar-refractivity contribution < 1.29 is 4.74 Å². The van der Waals surface area contributed by atoms with Gasteiger partial charge in [-0.1, -0.05) is 18.2 Å². The zero-order valence-corrected chi connectivity index (χ0v) is 13.4. The lowest BCUT2D eigenvalue weighted by molar-refractivity contribution is 0.414. The van der Waals surface area contributed by atoms with Crippen molar-refractivity contribution in [2.45, 2.75) is 17.2 Å². The van der Waals surface area contributed by atoms with Crippen LogP contribution in [0.4, 0.5) is 0 Å². The van der Waals surface area contributed by atoms with Crippen molar-refractivity contribution >= 4 is 11.8 Å². The lowest BCUT2D eigenvalue weighted by Gasteiger charge is -2.19. The molecule has 2 nitrogen and oxygen atoms in total. The first-order chi connectivity index (χ1) is 10.3. The maximum absolute atomic E-state index is 5.43. The first-order valence-electron chi connectivity index (χ1n) is 7.33. The van der Waals surface area contributed by atoms with E-state index in [1.807, 2.05) is 0 Å². The second-order valence-corrected chi connectivity index (χ2v) is 6.23. The highest BCUT2D eigenvalue weighted by Crippen LogP contribution is 2.33. The Morgan fingerprint density at radius 3 is 2.90 bits per heavy atom. The zero-order chi connectivity index (χ0) is 14.7. The summed E-state index contributed by atoms with van der Waals surface area (Å²) in [5, 5.41) is 3.57. The third kappa shape index (κ3) is 3.09. The van der Waals surface area contributed by atoms with Crippen LogP contribution in [0.1, 0.15) is 22.6 Å². The highest BCUT2D eigenvalue weighted by Gasteiger charge is 2.21. The van der Waals surface area contributed by atoms with E-state index < -0.39 is 0 Å². The third-order valence-electron chi connectivity index (χ3n) is 4.14. The number of nitrogens with one attached hydrogen (secondary N) is 1. The van der Waals surface area contributed by atoms with Gasteiger partial charge in [0.15, 0.2) is 0 Å². The van der Waals surface area contributed by atoms with Gasteiger partial charge in [-0.25, -0.2) is 0 Å². The van der Waals surface area contributed by atoms with Gasteiger partial charge < -0.3 is 10.1 Å². The van der Waals surface area contributed by atoms with Crippen LogP contribution in [0.2, 0.25) is 0 Å². The molecule has 0 fully saturated rings. The molecule has 2 aromatic carbocycles. The number of benzene rings is 2.